The fourth-order valence-corrected chi connectivity index (χ4v) is 1.56. The van der Waals surface area contributed by atoms with Gasteiger partial charge in [0.2, 0.25) is 0 Å². The van der Waals surface area contributed by atoms with Crippen LogP contribution in [0.15, 0.2) is 24.3 Å². The van der Waals surface area contributed by atoms with Crippen molar-refractivity contribution in [1.29, 1.82) is 0 Å². The number of benzene rings is 1. The molecule has 1 amide bonds. The van der Waals surface area contributed by atoms with Gasteiger partial charge in [0.1, 0.15) is 6.54 Å². The van der Waals surface area contributed by atoms with E-state index in [1.54, 1.807) is 0 Å². The minimum absolute atomic E-state index is 0.392. The zero-order chi connectivity index (χ0) is 15.3. The van der Waals surface area contributed by atoms with Crippen molar-refractivity contribution in [3.8, 4) is 12.3 Å². The Morgan fingerprint density at radius 3 is 2.40 bits per heavy atom. The third-order valence-corrected chi connectivity index (χ3v) is 2.36. The van der Waals surface area contributed by atoms with Crippen molar-refractivity contribution in [2.75, 3.05) is 13.1 Å². The van der Waals surface area contributed by atoms with E-state index in [1.165, 1.54) is 6.07 Å². The van der Waals surface area contributed by atoms with Gasteiger partial charge in [-0.25, -0.2) is 0 Å². The standard InChI is InChI=1S/C13H10F3NO3/c1-2-7-17(8-11(18)19)12(20)9-5-3-4-6-10(9)13(14,15)16/h1,3-6H,7-8H2,(H,18,19). The number of aliphatic carboxylic acids is 1. The van der Waals surface area contributed by atoms with Gasteiger partial charge in [0.15, 0.2) is 0 Å². The van der Waals surface area contributed by atoms with E-state index in [4.69, 9.17) is 11.5 Å². The van der Waals surface area contributed by atoms with Crippen LogP contribution in [0.3, 0.4) is 0 Å². The highest BCUT2D eigenvalue weighted by Crippen LogP contribution is 2.32. The lowest BCUT2D eigenvalue weighted by molar-refractivity contribution is -0.138. The minimum Gasteiger partial charge on any atom is -0.480 e. The second kappa shape index (κ2) is 6.10. The van der Waals surface area contributed by atoms with Crippen molar-refractivity contribution in [3.63, 3.8) is 0 Å². The summed E-state index contributed by atoms with van der Waals surface area (Å²) in [5.74, 6) is -0.391. The molecule has 1 aromatic rings. The molecule has 4 nitrogen and oxygen atoms in total. The van der Waals surface area contributed by atoms with E-state index < -0.39 is 42.3 Å². The first-order valence-electron chi connectivity index (χ1n) is 5.38. The number of terminal acetylenes is 1. The van der Waals surface area contributed by atoms with Gasteiger partial charge in [-0.3, -0.25) is 9.59 Å². The highest BCUT2D eigenvalue weighted by Gasteiger charge is 2.36. The first-order chi connectivity index (χ1) is 9.27. The summed E-state index contributed by atoms with van der Waals surface area (Å²) in [6, 6.07) is 4.14. The number of amides is 1. The van der Waals surface area contributed by atoms with Crippen LogP contribution in [0.5, 0.6) is 0 Å². The van der Waals surface area contributed by atoms with Crippen molar-refractivity contribution in [3.05, 3.63) is 35.4 Å². The predicted molar refractivity (Wildman–Crippen MR) is 63.8 cm³/mol. The lowest BCUT2D eigenvalue weighted by atomic mass is 10.1. The Hall–Kier alpha value is -2.49. The van der Waals surface area contributed by atoms with Crippen molar-refractivity contribution in [2.45, 2.75) is 6.18 Å². The van der Waals surface area contributed by atoms with Crippen LogP contribution in [0.4, 0.5) is 13.2 Å². The van der Waals surface area contributed by atoms with E-state index >= 15 is 0 Å². The van der Waals surface area contributed by atoms with E-state index in [9.17, 15) is 22.8 Å². The van der Waals surface area contributed by atoms with Gasteiger partial charge >= 0.3 is 12.1 Å². The predicted octanol–water partition coefficient (Wildman–Crippen LogP) is 1.87. The molecule has 0 saturated heterocycles. The molecule has 0 aliphatic rings. The Kier molecular flexibility index (Phi) is 4.75. The molecule has 7 heteroatoms. The normalized spacial score (nSPS) is 10.7. The van der Waals surface area contributed by atoms with Gasteiger partial charge in [-0.2, -0.15) is 13.2 Å². The minimum atomic E-state index is -4.71. The molecule has 1 aromatic carbocycles. The molecule has 0 radical (unpaired) electrons. The zero-order valence-electron chi connectivity index (χ0n) is 10.1. The van der Waals surface area contributed by atoms with Crippen LogP contribution in [-0.2, 0) is 11.0 Å². The van der Waals surface area contributed by atoms with Gasteiger partial charge in [0, 0.05) is 0 Å². The maximum absolute atomic E-state index is 12.8. The number of carbonyl (C=O) groups is 2. The van der Waals surface area contributed by atoms with E-state index in [2.05, 4.69) is 0 Å². The molecule has 0 aliphatic carbocycles. The van der Waals surface area contributed by atoms with Crippen LogP contribution in [0.25, 0.3) is 0 Å². The summed E-state index contributed by atoms with van der Waals surface area (Å²) < 4.78 is 38.4. The van der Waals surface area contributed by atoms with Gasteiger partial charge in [0.25, 0.3) is 5.91 Å². The summed E-state index contributed by atoms with van der Waals surface area (Å²) in [6.45, 7) is -1.16. The third-order valence-electron chi connectivity index (χ3n) is 2.36. The zero-order valence-corrected chi connectivity index (χ0v) is 10.1. The van der Waals surface area contributed by atoms with Crippen LogP contribution < -0.4 is 0 Å². The Labute approximate surface area is 112 Å². The number of carbonyl (C=O) groups excluding carboxylic acids is 1. The Balaban J connectivity index is 3.19. The number of hydrogen-bond acceptors (Lipinski definition) is 2. The van der Waals surface area contributed by atoms with E-state index in [0.29, 0.717) is 4.90 Å². The molecule has 0 aliphatic heterocycles. The molecule has 0 heterocycles. The molecule has 0 aromatic heterocycles. The maximum Gasteiger partial charge on any atom is 0.417 e. The molecule has 0 saturated carbocycles. The fourth-order valence-electron chi connectivity index (χ4n) is 1.56. The second-order valence-electron chi connectivity index (χ2n) is 3.80. The summed E-state index contributed by atoms with van der Waals surface area (Å²) in [5.41, 5.74) is -1.76. The van der Waals surface area contributed by atoms with E-state index in [-0.39, 0.29) is 0 Å². The van der Waals surface area contributed by atoms with E-state index in [1.807, 2.05) is 5.92 Å². The number of halogens is 3. The lowest BCUT2D eigenvalue weighted by Crippen LogP contribution is -2.37. The Morgan fingerprint density at radius 1 is 1.30 bits per heavy atom. The summed E-state index contributed by atoms with van der Waals surface area (Å²) in [4.78, 5) is 23.3. The van der Waals surface area contributed by atoms with Crippen molar-refractivity contribution >= 4 is 11.9 Å². The number of rotatable bonds is 4. The lowest BCUT2D eigenvalue weighted by Gasteiger charge is -2.20. The number of alkyl halides is 3. The Morgan fingerprint density at radius 2 is 1.90 bits per heavy atom. The summed E-state index contributed by atoms with van der Waals surface area (Å²) in [7, 11) is 0. The second-order valence-corrected chi connectivity index (χ2v) is 3.80. The van der Waals surface area contributed by atoms with Gasteiger partial charge < -0.3 is 10.0 Å². The SMILES string of the molecule is C#CCN(CC(=O)O)C(=O)c1ccccc1C(F)(F)F. The number of carboxylic acids is 1. The van der Waals surface area contributed by atoms with Gasteiger partial charge in [-0.1, -0.05) is 18.1 Å². The molecule has 0 unspecified atom stereocenters. The average molecular weight is 285 g/mol. The molecule has 106 valence electrons. The topological polar surface area (TPSA) is 57.6 Å². The van der Waals surface area contributed by atoms with E-state index in [0.717, 1.165) is 18.2 Å². The summed E-state index contributed by atoms with van der Waals surface area (Å²) in [5, 5.41) is 8.65. The molecule has 1 rings (SSSR count). The van der Waals surface area contributed by atoms with Crippen LogP contribution in [-0.4, -0.2) is 35.0 Å². The number of nitrogens with zero attached hydrogens (tertiary/aromatic N) is 1. The molecular weight excluding hydrogens is 275 g/mol. The molecule has 0 atom stereocenters. The van der Waals surface area contributed by atoms with Gasteiger partial charge in [-0.15, -0.1) is 6.42 Å². The molecular formula is C13H10F3NO3. The van der Waals surface area contributed by atoms with Gasteiger partial charge in [0.05, 0.1) is 17.7 Å². The van der Waals surface area contributed by atoms with Crippen molar-refractivity contribution in [2.24, 2.45) is 0 Å². The average Bonchev–Trinajstić information content (AvgIpc) is 2.36. The first kappa shape index (κ1) is 15.6. The number of carboxylic acid groups (broad SMARTS) is 1. The molecule has 0 spiro atoms. The van der Waals surface area contributed by atoms with Crippen LogP contribution in [0, 0.1) is 12.3 Å². The first-order valence-corrected chi connectivity index (χ1v) is 5.38. The van der Waals surface area contributed by atoms with Crippen LogP contribution >= 0.6 is 0 Å². The molecule has 20 heavy (non-hydrogen) atoms. The molecule has 1 N–H and O–H groups in total. The highest BCUT2D eigenvalue weighted by atomic mass is 19.4. The van der Waals surface area contributed by atoms with Crippen molar-refractivity contribution < 1.29 is 27.9 Å². The summed E-state index contributed by atoms with van der Waals surface area (Å²) in [6.07, 6.45) is 0.275. The highest BCUT2D eigenvalue weighted by molar-refractivity contribution is 5.97. The third kappa shape index (κ3) is 3.75. The van der Waals surface area contributed by atoms with Crippen LogP contribution in [0.2, 0.25) is 0 Å². The maximum atomic E-state index is 12.8. The smallest absolute Gasteiger partial charge is 0.417 e. The van der Waals surface area contributed by atoms with Crippen LogP contribution in [0.1, 0.15) is 15.9 Å². The monoisotopic (exact) mass is 285 g/mol. The number of hydrogen-bond donors (Lipinski definition) is 1. The fraction of sp³-hybridized carbons (Fsp3) is 0.231. The van der Waals surface area contributed by atoms with Crippen molar-refractivity contribution in [1.82, 2.24) is 4.90 Å². The van der Waals surface area contributed by atoms with Gasteiger partial charge in [-0.05, 0) is 12.1 Å². The summed E-state index contributed by atoms with van der Waals surface area (Å²) >= 11 is 0. The largest absolute Gasteiger partial charge is 0.480 e. The quantitative estimate of drug-likeness (QED) is 0.859. The Bertz CT molecular complexity index is 561. The molecule has 0 bridgehead atoms. The molecule has 0 fully saturated rings.